The number of thioether (sulfide) groups is 1. The van der Waals surface area contributed by atoms with E-state index in [4.69, 9.17) is 4.74 Å². The van der Waals surface area contributed by atoms with E-state index in [9.17, 15) is 4.79 Å². The molecule has 8 heteroatoms. The summed E-state index contributed by atoms with van der Waals surface area (Å²) in [7, 11) is 1.66. The number of carbonyl (C=O) groups is 1. The molecule has 1 fully saturated rings. The van der Waals surface area contributed by atoms with Crippen LogP contribution in [0.25, 0.3) is 11.4 Å². The molecule has 1 aromatic heterocycles. The van der Waals surface area contributed by atoms with E-state index in [-0.39, 0.29) is 23.2 Å². The molecule has 1 N–H and O–H groups in total. The number of fused-ring (bicyclic) bond motifs is 1. The van der Waals surface area contributed by atoms with Crippen LogP contribution >= 0.6 is 11.8 Å². The average Bonchev–Trinajstić information content (AvgIpc) is 3.27. The summed E-state index contributed by atoms with van der Waals surface area (Å²) in [6, 6.07) is 17.9. The molecule has 1 amide bonds. The minimum Gasteiger partial charge on any atom is -0.497 e. The van der Waals surface area contributed by atoms with Crippen molar-refractivity contribution < 1.29 is 9.53 Å². The molecule has 0 unspecified atom stereocenters. The number of amides is 1. The largest absolute Gasteiger partial charge is 0.497 e. The number of methoxy groups -OCH3 is 1. The van der Waals surface area contributed by atoms with Crippen LogP contribution in [0.5, 0.6) is 5.75 Å². The van der Waals surface area contributed by atoms with Crippen LogP contribution in [0.2, 0.25) is 0 Å². The third kappa shape index (κ3) is 3.83. The highest BCUT2D eigenvalue weighted by Crippen LogP contribution is 2.40. The molecule has 3 heterocycles. The lowest BCUT2D eigenvalue weighted by molar-refractivity contribution is -0.134. The predicted molar refractivity (Wildman–Crippen MR) is 125 cm³/mol. The Bertz CT molecular complexity index is 1090. The summed E-state index contributed by atoms with van der Waals surface area (Å²) in [4.78, 5) is 15.8. The first-order valence-electron chi connectivity index (χ1n) is 11.0. The number of piperidine rings is 1. The Kier molecular flexibility index (Phi) is 5.78. The van der Waals surface area contributed by atoms with Gasteiger partial charge in [-0.15, -0.1) is 10.2 Å². The molecule has 5 rings (SSSR count). The third-order valence-corrected chi connectivity index (χ3v) is 7.48. The van der Waals surface area contributed by atoms with Crippen LogP contribution < -0.4 is 10.2 Å². The Hall–Kier alpha value is -3.00. The van der Waals surface area contributed by atoms with Gasteiger partial charge in [-0.05, 0) is 43.9 Å². The quantitative estimate of drug-likeness (QED) is 0.646. The Labute approximate surface area is 192 Å². The Morgan fingerprint density at radius 1 is 1.09 bits per heavy atom. The number of nitrogens with zero attached hydrogens (tertiary/aromatic N) is 4. The molecule has 0 saturated carbocycles. The van der Waals surface area contributed by atoms with Gasteiger partial charge in [-0.3, -0.25) is 4.79 Å². The first-order chi connectivity index (χ1) is 15.7. The van der Waals surface area contributed by atoms with Gasteiger partial charge in [0, 0.05) is 18.2 Å². The van der Waals surface area contributed by atoms with E-state index in [1.54, 1.807) is 7.11 Å². The van der Waals surface area contributed by atoms with E-state index >= 15 is 0 Å². The molecule has 0 aliphatic carbocycles. The van der Waals surface area contributed by atoms with Crippen molar-refractivity contribution in [3.63, 3.8) is 0 Å². The number of aromatic nitrogens is 3. The minimum absolute atomic E-state index is 0.158. The van der Waals surface area contributed by atoms with Crippen molar-refractivity contribution in [1.29, 1.82) is 0 Å². The SMILES string of the molecule is COc1ccc([C@@H]2Nn3c(nnc3-c3ccccc3)S[C@H]2C(=O)N2CCCC[C@H]2C)cc1. The number of ether oxygens (including phenoxy) is 1. The lowest BCUT2D eigenvalue weighted by Gasteiger charge is -2.39. The molecular formula is C24H27N5O2S. The zero-order chi connectivity index (χ0) is 22.1. The molecule has 3 aromatic rings. The van der Waals surface area contributed by atoms with Crippen LogP contribution in [0.1, 0.15) is 37.8 Å². The van der Waals surface area contributed by atoms with Crippen molar-refractivity contribution >= 4 is 17.7 Å². The first-order valence-corrected chi connectivity index (χ1v) is 11.9. The summed E-state index contributed by atoms with van der Waals surface area (Å²) in [6.45, 7) is 2.96. The molecule has 0 spiro atoms. The van der Waals surface area contributed by atoms with Gasteiger partial charge >= 0.3 is 0 Å². The maximum Gasteiger partial charge on any atom is 0.238 e. The van der Waals surface area contributed by atoms with Crippen LogP contribution in [0.3, 0.4) is 0 Å². The van der Waals surface area contributed by atoms with Gasteiger partial charge in [0.25, 0.3) is 0 Å². The molecule has 1 saturated heterocycles. The van der Waals surface area contributed by atoms with Gasteiger partial charge in [0.1, 0.15) is 11.0 Å². The number of hydrogen-bond donors (Lipinski definition) is 1. The Balaban J connectivity index is 1.53. The number of carbonyl (C=O) groups excluding carboxylic acids is 1. The molecule has 0 bridgehead atoms. The fourth-order valence-corrected chi connectivity index (χ4v) is 5.62. The molecule has 3 atom stereocenters. The second-order valence-corrected chi connectivity index (χ2v) is 9.41. The van der Waals surface area contributed by atoms with Gasteiger partial charge in [-0.2, -0.15) is 0 Å². The van der Waals surface area contributed by atoms with E-state index in [0.717, 1.165) is 42.1 Å². The monoisotopic (exact) mass is 449 g/mol. The highest BCUT2D eigenvalue weighted by molar-refractivity contribution is 8.00. The highest BCUT2D eigenvalue weighted by atomic mass is 32.2. The van der Waals surface area contributed by atoms with Crippen molar-refractivity contribution in [3.8, 4) is 17.1 Å². The number of hydrogen-bond acceptors (Lipinski definition) is 6. The van der Waals surface area contributed by atoms with Crippen LogP contribution in [0.4, 0.5) is 0 Å². The minimum atomic E-state index is -0.329. The molecular weight excluding hydrogens is 422 g/mol. The molecule has 2 aliphatic heterocycles. The fourth-order valence-electron chi connectivity index (χ4n) is 4.47. The molecule has 0 radical (unpaired) electrons. The fraction of sp³-hybridized carbons (Fsp3) is 0.375. The first kappa shape index (κ1) is 20.9. The van der Waals surface area contributed by atoms with Gasteiger partial charge in [0.05, 0.1) is 13.2 Å². The summed E-state index contributed by atoms with van der Waals surface area (Å²) in [6.07, 6.45) is 3.29. The van der Waals surface area contributed by atoms with Crippen molar-refractivity contribution in [2.45, 2.75) is 48.7 Å². The van der Waals surface area contributed by atoms with E-state index < -0.39 is 0 Å². The normalized spacial score (nSPS) is 22.7. The van der Waals surface area contributed by atoms with Crippen molar-refractivity contribution in [2.24, 2.45) is 0 Å². The lowest BCUT2D eigenvalue weighted by Crippen LogP contribution is -2.50. The van der Waals surface area contributed by atoms with Crippen LogP contribution in [0, 0.1) is 0 Å². The molecule has 166 valence electrons. The summed E-state index contributed by atoms with van der Waals surface area (Å²) in [5.74, 6) is 1.69. The van der Waals surface area contributed by atoms with Crippen molar-refractivity contribution in [3.05, 3.63) is 60.2 Å². The summed E-state index contributed by atoms with van der Waals surface area (Å²) >= 11 is 1.49. The van der Waals surface area contributed by atoms with E-state index in [2.05, 4.69) is 22.5 Å². The van der Waals surface area contributed by atoms with Crippen LogP contribution in [0.15, 0.2) is 59.8 Å². The number of likely N-dealkylation sites (tertiary alicyclic amines) is 1. The van der Waals surface area contributed by atoms with Crippen LogP contribution in [-0.2, 0) is 4.79 Å². The zero-order valence-electron chi connectivity index (χ0n) is 18.3. The Morgan fingerprint density at radius 2 is 1.88 bits per heavy atom. The van der Waals surface area contributed by atoms with E-state index in [1.807, 2.05) is 64.2 Å². The third-order valence-electron chi connectivity index (χ3n) is 6.27. The lowest BCUT2D eigenvalue weighted by atomic mass is 9.99. The maximum absolute atomic E-state index is 13.7. The van der Waals surface area contributed by atoms with Gasteiger partial charge in [0.15, 0.2) is 5.82 Å². The van der Waals surface area contributed by atoms with Gasteiger partial charge in [-0.25, -0.2) is 4.68 Å². The molecule has 7 nitrogen and oxygen atoms in total. The number of benzene rings is 2. The standard InChI is InChI=1S/C24H27N5O2S/c1-16-8-6-7-15-28(16)23(30)21-20(17-11-13-19(31-2)14-12-17)27-29-22(25-26-24(29)32-21)18-9-4-3-5-10-18/h3-5,9-14,16,20-21,27H,6-8,15H2,1-2H3/t16-,20+,21-/m1/s1. The summed E-state index contributed by atoms with van der Waals surface area (Å²) in [5, 5.41) is 9.21. The molecule has 32 heavy (non-hydrogen) atoms. The van der Waals surface area contributed by atoms with Crippen LogP contribution in [-0.4, -0.2) is 50.6 Å². The van der Waals surface area contributed by atoms with Crippen molar-refractivity contribution in [1.82, 2.24) is 19.8 Å². The van der Waals surface area contributed by atoms with E-state index in [0.29, 0.717) is 5.16 Å². The van der Waals surface area contributed by atoms with Gasteiger partial charge < -0.3 is 15.1 Å². The summed E-state index contributed by atoms with van der Waals surface area (Å²) < 4.78 is 7.25. The zero-order valence-corrected chi connectivity index (χ0v) is 19.1. The maximum atomic E-state index is 13.7. The second kappa shape index (κ2) is 8.86. The number of nitrogens with one attached hydrogen (secondary N) is 1. The number of rotatable bonds is 4. The van der Waals surface area contributed by atoms with Gasteiger partial charge in [-0.1, -0.05) is 54.2 Å². The predicted octanol–water partition coefficient (Wildman–Crippen LogP) is 4.11. The molecule has 2 aliphatic rings. The van der Waals surface area contributed by atoms with Gasteiger partial charge in [0.2, 0.25) is 11.1 Å². The molecule has 2 aromatic carbocycles. The highest BCUT2D eigenvalue weighted by Gasteiger charge is 2.41. The average molecular weight is 450 g/mol. The Morgan fingerprint density at radius 3 is 2.59 bits per heavy atom. The topological polar surface area (TPSA) is 72.3 Å². The van der Waals surface area contributed by atoms with Crippen molar-refractivity contribution in [2.75, 3.05) is 19.1 Å². The second-order valence-electron chi connectivity index (χ2n) is 8.30. The summed E-state index contributed by atoms with van der Waals surface area (Å²) in [5.41, 5.74) is 5.57. The smallest absolute Gasteiger partial charge is 0.238 e. The van der Waals surface area contributed by atoms with E-state index in [1.165, 1.54) is 18.2 Å².